The van der Waals surface area contributed by atoms with E-state index in [0.29, 0.717) is 17.7 Å². The van der Waals surface area contributed by atoms with Crippen LogP contribution in [0.5, 0.6) is 0 Å². The Hall–Kier alpha value is -2.20. The van der Waals surface area contributed by atoms with Crippen molar-refractivity contribution in [3.63, 3.8) is 0 Å². The van der Waals surface area contributed by atoms with E-state index in [1.807, 2.05) is 12.1 Å². The van der Waals surface area contributed by atoms with Crippen LogP contribution in [0.25, 0.3) is 0 Å². The molecular formula is C14H15N3O. The normalized spacial score (nSPS) is 10.3. The summed E-state index contributed by atoms with van der Waals surface area (Å²) in [6.45, 7) is 0.600. The maximum absolute atomic E-state index is 12.2. The minimum Gasteiger partial charge on any atom is -0.383 e. The first kappa shape index (κ1) is 12.3. The lowest BCUT2D eigenvalue weighted by molar-refractivity contribution is 0.103. The molecule has 0 fully saturated rings. The third kappa shape index (κ3) is 2.55. The topological polar surface area (TPSA) is 82.0 Å². The SMILES string of the molecule is NCCc1ccc(C(=O)c2cccnc2N)cc1. The molecule has 2 aromatic rings. The molecule has 2 rings (SSSR count). The van der Waals surface area contributed by atoms with Crippen molar-refractivity contribution in [3.8, 4) is 0 Å². The summed E-state index contributed by atoms with van der Waals surface area (Å²) in [6.07, 6.45) is 2.37. The Morgan fingerprint density at radius 3 is 2.50 bits per heavy atom. The van der Waals surface area contributed by atoms with Gasteiger partial charge in [0.1, 0.15) is 5.82 Å². The van der Waals surface area contributed by atoms with Crippen molar-refractivity contribution < 1.29 is 4.79 Å². The lowest BCUT2D eigenvalue weighted by Gasteiger charge is -2.04. The van der Waals surface area contributed by atoms with Gasteiger partial charge in [-0.05, 0) is 30.7 Å². The summed E-state index contributed by atoms with van der Waals surface area (Å²) in [5, 5.41) is 0. The lowest BCUT2D eigenvalue weighted by Crippen LogP contribution is -2.07. The number of aromatic nitrogens is 1. The van der Waals surface area contributed by atoms with Gasteiger partial charge in [0.25, 0.3) is 0 Å². The molecule has 4 nitrogen and oxygen atoms in total. The molecule has 4 N–H and O–H groups in total. The second kappa shape index (κ2) is 5.42. The fourth-order valence-corrected chi connectivity index (χ4v) is 1.75. The van der Waals surface area contributed by atoms with Crippen molar-refractivity contribution in [2.24, 2.45) is 5.73 Å². The van der Waals surface area contributed by atoms with Crippen LogP contribution in [0.4, 0.5) is 5.82 Å². The first-order chi connectivity index (χ1) is 8.72. The monoisotopic (exact) mass is 241 g/mol. The van der Waals surface area contributed by atoms with Gasteiger partial charge in [0.2, 0.25) is 0 Å². The molecule has 1 heterocycles. The molecule has 0 atom stereocenters. The predicted octanol–water partition coefficient (Wildman–Crippen LogP) is 1.40. The van der Waals surface area contributed by atoms with Gasteiger partial charge in [0.15, 0.2) is 5.78 Å². The molecule has 0 aliphatic rings. The van der Waals surface area contributed by atoms with Crippen molar-refractivity contribution in [1.29, 1.82) is 0 Å². The number of benzene rings is 1. The van der Waals surface area contributed by atoms with Crippen LogP contribution in [0.3, 0.4) is 0 Å². The Morgan fingerprint density at radius 2 is 1.89 bits per heavy atom. The highest BCUT2D eigenvalue weighted by Gasteiger charge is 2.12. The first-order valence-electron chi connectivity index (χ1n) is 5.76. The number of nitrogen functional groups attached to an aromatic ring is 1. The summed E-state index contributed by atoms with van der Waals surface area (Å²) in [6, 6.07) is 10.8. The lowest BCUT2D eigenvalue weighted by atomic mass is 10.0. The Kier molecular flexibility index (Phi) is 3.69. The average molecular weight is 241 g/mol. The summed E-state index contributed by atoms with van der Waals surface area (Å²) < 4.78 is 0. The fourth-order valence-electron chi connectivity index (χ4n) is 1.75. The molecule has 0 radical (unpaired) electrons. The molecule has 0 aliphatic carbocycles. The Labute approximate surface area is 106 Å². The van der Waals surface area contributed by atoms with E-state index < -0.39 is 0 Å². The average Bonchev–Trinajstić information content (AvgIpc) is 2.40. The molecule has 0 saturated carbocycles. The minimum atomic E-state index is -0.111. The zero-order valence-electron chi connectivity index (χ0n) is 9.97. The van der Waals surface area contributed by atoms with Crippen molar-refractivity contribution in [3.05, 3.63) is 59.3 Å². The van der Waals surface area contributed by atoms with Crippen LogP contribution in [0.15, 0.2) is 42.6 Å². The van der Waals surface area contributed by atoms with E-state index >= 15 is 0 Å². The second-order valence-corrected chi connectivity index (χ2v) is 4.00. The van der Waals surface area contributed by atoms with Crippen LogP contribution < -0.4 is 11.5 Å². The molecule has 1 aromatic carbocycles. The number of ketones is 1. The van der Waals surface area contributed by atoms with Gasteiger partial charge >= 0.3 is 0 Å². The van der Waals surface area contributed by atoms with Crippen LogP contribution in [-0.4, -0.2) is 17.3 Å². The number of carbonyl (C=O) groups excluding carboxylic acids is 1. The summed E-state index contributed by atoms with van der Waals surface area (Å²) in [7, 11) is 0. The third-order valence-corrected chi connectivity index (χ3v) is 2.73. The van der Waals surface area contributed by atoms with Gasteiger partial charge in [0, 0.05) is 11.8 Å². The van der Waals surface area contributed by atoms with E-state index in [2.05, 4.69) is 4.98 Å². The molecule has 0 spiro atoms. The minimum absolute atomic E-state index is 0.111. The van der Waals surface area contributed by atoms with Gasteiger partial charge in [-0.1, -0.05) is 24.3 Å². The zero-order chi connectivity index (χ0) is 13.0. The number of carbonyl (C=O) groups is 1. The molecule has 4 heteroatoms. The van der Waals surface area contributed by atoms with Crippen molar-refractivity contribution in [2.75, 3.05) is 12.3 Å². The number of hydrogen-bond donors (Lipinski definition) is 2. The van der Waals surface area contributed by atoms with Crippen molar-refractivity contribution in [1.82, 2.24) is 4.98 Å². The van der Waals surface area contributed by atoms with E-state index in [-0.39, 0.29) is 11.6 Å². The van der Waals surface area contributed by atoms with Crippen LogP contribution in [0.1, 0.15) is 21.5 Å². The Morgan fingerprint density at radius 1 is 1.17 bits per heavy atom. The maximum Gasteiger partial charge on any atom is 0.196 e. The fraction of sp³-hybridized carbons (Fsp3) is 0.143. The molecule has 1 aromatic heterocycles. The van der Waals surface area contributed by atoms with E-state index in [1.165, 1.54) is 0 Å². The van der Waals surface area contributed by atoms with Crippen LogP contribution >= 0.6 is 0 Å². The van der Waals surface area contributed by atoms with Gasteiger partial charge in [0.05, 0.1) is 5.56 Å². The number of pyridine rings is 1. The summed E-state index contributed by atoms with van der Waals surface area (Å²) in [5.41, 5.74) is 13.3. The third-order valence-electron chi connectivity index (χ3n) is 2.73. The van der Waals surface area contributed by atoms with E-state index in [0.717, 1.165) is 12.0 Å². The highest BCUT2D eigenvalue weighted by molar-refractivity contribution is 6.11. The molecule has 18 heavy (non-hydrogen) atoms. The first-order valence-corrected chi connectivity index (χ1v) is 5.76. The van der Waals surface area contributed by atoms with Crippen LogP contribution in [0.2, 0.25) is 0 Å². The van der Waals surface area contributed by atoms with Crippen molar-refractivity contribution >= 4 is 11.6 Å². The predicted molar refractivity (Wildman–Crippen MR) is 71.3 cm³/mol. The van der Waals surface area contributed by atoms with Gasteiger partial charge in [-0.2, -0.15) is 0 Å². The van der Waals surface area contributed by atoms with Gasteiger partial charge in [-0.15, -0.1) is 0 Å². The number of nitrogens with two attached hydrogens (primary N) is 2. The molecule has 0 aliphatic heterocycles. The molecule has 0 bridgehead atoms. The highest BCUT2D eigenvalue weighted by Crippen LogP contribution is 2.14. The van der Waals surface area contributed by atoms with Crippen LogP contribution in [0, 0.1) is 0 Å². The quantitative estimate of drug-likeness (QED) is 0.793. The largest absolute Gasteiger partial charge is 0.383 e. The van der Waals surface area contributed by atoms with E-state index in [1.54, 1.807) is 30.5 Å². The van der Waals surface area contributed by atoms with Gasteiger partial charge < -0.3 is 11.5 Å². The van der Waals surface area contributed by atoms with Crippen molar-refractivity contribution in [2.45, 2.75) is 6.42 Å². The Bertz CT molecular complexity index is 549. The molecular weight excluding hydrogens is 226 g/mol. The molecule has 0 amide bonds. The van der Waals surface area contributed by atoms with Gasteiger partial charge in [-0.25, -0.2) is 4.98 Å². The number of rotatable bonds is 4. The number of nitrogens with zero attached hydrogens (tertiary/aromatic N) is 1. The number of anilines is 1. The van der Waals surface area contributed by atoms with Crippen LogP contribution in [-0.2, 0) is 6.42 Å². The number of hydrogen-bond acceptors (Lipinski definition) is 4. The maximum atomic E-state index is 12.2. The summed E-state index contributed by atoms with van der Waals surface area (Å²) in [5.74, 6) is 0.147. The molecule has 0 saturated heterocycles. The summed E-state index contributed by atoms with van der Waals surface area (Å²) in [4.78, 5) is 16.1. The van der Waals surface area contributed by atoms with E-state index in [4.69, 9.17) is 11.5 Å². The van der Waals surface area contributed by atoms with E-state index in [9.17, 15) is 4.79 Å². The standard InChI is InChI=1S/C14H15N3O/c15-8-7-10-3-5-11(6-4-10)13(18)12-2-1-9-17-14(12)16/h1-6,9H,7-8,15H2,(H2,16,17). The van der Waals surface area contributed by atoms with Gasteiger partial charge in [-0.3, -0.25) is 4.79 Å². The highest BCUT2D eigenvalue weighted by atomic mass is 16.1. The Balaban J connectivity index is 2.27. The zero-order valence-corrected chi connectivity index (χ0v) is 9.97. The smallest absolute Gasteiger partial charge is 0.196 e. The second-order valence-electron chi connectivity index (χ2n) is 4.00. The molecule has 0 unspecified atom stereocenters. The molecule has 92 valence electrons. The summed E-state index contributed by atoms with van der Waals surface area (Å²) >= 11 is 0.